The molecule has 2 saturated heterocycles. The van der Waals surface area contributed by atoms with E-state index in [1.54, 1.807) is 0 Å². The van der Waals surface area contributed by atoms with Gasteiger partial charge in [-0.1, -0.05) is 24.3 Å². The van der Waals surface area contributed by atoms with Crippen LogP contribution in [-0.4, -0.2) is 47.2 Å². The first kappa shape index (κ1) is 18.1. The molecule has 1 aromatic carbocycles. The second-order valence-electron chi connectivity index (χ2n) is 7.88. The molecule has 7 nitrogen and oxygen atoms in total. The Labute approximate surface area is 169 Å². The fourth-order valence-corrected chi connectivity index (χ4v) is 4.26. The predicted octanol–water partition coefficient (Wildman–Crippen LogP) is 2.75. The normalized spacial score (nSPS) is 19.6. The molecule has 0 saturated carbocycles. The van der Waals surface area contributed by atoms with Crippen LogP contribution in [0, 0.1) is 0 Å². The van der Waals surface area contributed by atoms with Crippen LogP contribution in [0.25, 0.3) is 22.2 Å². The highest BCUT2D eigenvalue weighted by Gasteiger charge is 2.22. The Balaban J connectivity index is 1.60. The average molecular weight is 390 g/mol. The number of hydrogen-bond acceptors (Lipinski definition) is 6. The highest BCUT2D eigenvalue weighted by molar-refractivity contribution is 5.83. The van der Waals surface area contributed by atoms with Crippen molar-refractivity contribution < 1.29 is 0 Å². The quantitative estimate of drug-likeness (QED) is 0.635. The number of para-hydroxylation sites is 1. The van der Waals surface area contributed by atoms with Crippen molar-refractivity contribution >= 4 is 22.7 Å². The SMILES string of the molecule is O=c1[nH]c(N2CCCC2)nc(NC2CCCNC2)c1-c1ccc2ccccc2n1. The summed E-state index contributed by atoms with van der Waals surface area (Å²) in [5, 5.41) is 8.02. The summed E-state index contributed by atoms with van der Waals surface area (Å²) in [5.41, 5.74) is 1.90. The van der Waals surface area contributed by atoms with E-state index in [1.807, 2.05) is 36.4 Å². The zero-order valence-corrected chi connectivity index (χ0v) is 16.4. The van der Waals surface area contributed by atoms with E-state index in [2.05, 4.69) is 20.5 Å². The minimum Gasteiger partial charge on any atom is -0.365 e. The monoisotopic (exact) mass is 390 g/mol. The van der Waals surface area contributed by atoms with Gasteiger partial charge in [-0.3, -0.25) is 9.78 Å². The molecule has 5 rings (SSSR count). The third-order valence-corrected chi connectivity index (χ3v) is 5.80. The van der Waals surface area contributed by atoms with Crippen molar-refractivity contribution in [3.8, 4) is 11.3 Å². The predicted molar refractivity (Wildman–Crippen MR) is 117 cm³/mol. The van der Waals surface area contributed by atoms with Crippen LogP contribution in [0.5, 0.6) is 0 Å². The first-order chi connectivity index (χ1) is 14.3. The van der Waals surface area contributed by atoms with Gasteiger partial charge in [0, 0.05) is 31.1 Å². The molecule has 3 aromatic rings. The van der Waals surface area contributed by atoms with Gasteiger partial charge in [-0.2, -0.15) is 4.98 Å². The van der Waals surface area contributed by atoms with Crippen molar-refractivity contribution in [2.75, 3.05) is 36.4 Å². The third kappa shape index (κ3) is 3.70. The number of fused-ring (bicyclic) bond motifs is 1. The number of aromatic amines is 1. The number of aromatic nitrogens is 3. The molecule has 4 heterocycles. The summed E-state index contributed by atoms with van der Waals surface area (Å²) < 4.78 is 0. The molecule has 7 heteroatoms. The summed E-state index contributed by atoms with van der Waals surface area (Å²) >= 11 is 0. The van der Waals surface area contributed by atoms with Gasteiger partial charge in [0.1, 0.15) is 11.4 Å². The maximum atomic E-state index is 13.2. The summed E-state index contributed by atoms with van der Waals surface area (Å²) in [6.07, 6.45) is 4.44. The van der Waals surface area contributed by atoms with Crippen molar-refractivity contribution in [3.05, 3.63) is 46.8 Å². The topological polar surface area (TPSA) is 85.9 Å². The molecule has 1 atom stereocenters. The van der Waals surface area contributed by atoms with Gasteiger partial charge in [-0.15, -0.1) is 0 Å². The number of H-pyrrole nitrogens is 1. The Morgan fingerprint density at radius 3 is 2.72 bits per heavy atom. The number of nitrogens with one attached hydrogen (secondary N) is 3. The number of benzene rings is 1. The van der Waals surface area contributed by atoms with Gasteiger partial charge in [-0.05, 0) is 44.4 Å². The lowest BCUT2D eigenvalue weighted by atomic mass is 10.1. The van der Waals surface area contributed by atoms with E-state index < -0.39 is 0 Å². The maximum Gasteiger partial charge on any atom is 0.263 e. The molecule has 0 aliphatic carbocycles. The van der Waals surface area contributed by atoms with E-state index in [4.69, 9.17) is 9.97 Å². The lowest BCUT2D eigenvalue weighted by molar-refractivity contribution is 0.479. The van der Waals surface area contributed by atoms with E-state index in [1.165, 1.54) is 0 Å². The van der Waals surface area contributed by atoms with E-state index in [9.17, 15) is 4.79 Å². The Morgan fingerprint density at radius 1 is 1.03 bits per heavy atom. The first-order valence-corrected chi connectivity index (χ1v) is 10.5. The number of anilines is 2. The van der Waals surface area contributed by atoms with E-state index in [-0.39, 0.29) is 11.6 Å². The second-order valence-corrected chi connectivity index (χ2v) is 7.88. The molecule has 0 amide bonds. The molecule has 150 valence electrons. The van der Waals surface area contributed by atoms with E-state index in [0.29, 0.717) is 23.0 Å². The summed E-state index contributed by atoms with van der Waals surface area (Å²) in [4.78, 5) is 28.0. The Bertz CT molecular complexity index is 1070. The van der Waals surface area contributed by atoms with Crippen LogP contribution < -0.4 is 21.1 Å². The van der Waals surface area contributed by atoms with Crippen LogP contribution in [0.15, 0.2) is 41.2 Å². The molecule has 1 unspecified atom stereocenters. The van der Waals surface area contributed by atoms with Crippen molar-refractivity contribution in [3.63, 3.8) is 0 Å². The summed E-state index contributed by atoms with van der Waals surface area (Å²) in [6, 6.07) is 12.1. The van der Waals surface area contributed by atoms with Crippen LogP contribution in [-0.2, 0) is 0 Å². The Morgan fingerprint density at radius 2 is 1.90 bits per heavy atom. The van der Waals surface area contributed by atoms with Crippen LogP contribution in [0.2, 0.25) is 0 Å². The lowest BCUT2D eigenvalue weighted by Gasteiger charge is -2.26. The smallest absolute Gasteiger partial charge is 0.263 e. The fraction of sp³-hybridized carbons (Fsp3) is 0.409. The third-order valence-electron chi connectivity index (χ3n) is 5.80. The van der Waals surface area contributed by atoms with Crippen molar-refractivity contribution in [2.24, 2.45) is 0 Å². The van der Waals surface area contributed by atoms with Crippen molar-refractivity contribution in [1.29, 1.82) is 0 Å². The molecule has 0 bridgehead atoms. The maximum absolute atomic E-state index is 13.2. The largest absolute Gasteiger partial charge is 0.365 e. The highest BCUT2D eigenvalue weighted by Crippen LogP contribution is 2.27. The molecular weight excluding hydrogens is 364 g/mol. The van der Waals surface area contributed by atoms with Gasteiger partial charge >= 0.3 is 0 Å². The Kier molecular flexibility index (Phi) is 4.89. The summed E-state index contributed by atoms with van der Waals surface area (Å²) in [5.74, 6) is 1.29. The molecule has 3 N–H and O–H groups in total. The van der Waals surface area contributed by atoms with E-state index >= 15 is 0 Å². The first-order valence-electron chi connectivity index (χ1n) is 10.5. The minimum atomic E-state index is -0.143. The summed E-state index contributed by atoms with van der Waals surface area (Å²) in [7, 11) is 0. The number of pyridine rings is 1. The molecule has 2 fully saturated rings. The number of piperidine rings is 1. The number of nitrogens with zero attached hydrogens (tertiary/aromatic N) is 3. The summed E-state index contributed by atoms with van der Waals surface area (Å²) in [6.45, 7) is 3.78. The van der Waals surface area contributed by atoms with Gasteiger partial charge < -0.3 is 15.5 Å². The van der Waals surface area contributed by atoms with Gasteiger partial charge in [0.15, 0.2) is 0 Å². The molecule has 29 heavy (non-hydrogen) atoms. The highest BCUT2D eigenvalue weighted by atomic mass is 16.1. The molecule has 0 radical (unpaired) electrons. The zero-order valence-electron chi connectivity index (χ0n) is 16.4. The van der Waals surface area contributed by atoms with Crippen molar-refractivity contribution in [1.82, 2.24) is 20.3 Å². The molecule has 2 aromatic heterocycles. The molecule has 2 aliphatic heterocycles. The van der Waals surface area contributed by atoms with Gasteiger partial charge in [0.2, 0.25) is 5.95 Å². The van der Waals surface area contributed by atoms with E-state index in [0.717, 1.165) is 62.8 Å². The standard InChI is InChI=1S/C22H26N6O/c29-21-19(18-10-9-15-6-1-2-8-17(15)25-18)20(24-16-7-5-11-23-14-16)26-22(27-21)28-12-3-4-13-28/h1-2,6,8-10,16,23H,3-5,7,11-14H2,(H2,24,26,27,29). The zero-order chi connectivity index (χ0) is 19.6. The van der Waals surface area contributed by atoms with Gasteiger partial charge in [-0.25, -0.2) is 4.98 Å². The van der Waals surface area contributed by atoms with Crippen molar-refractivity contribution in [2.45, 2.75) is 31.7 Å². The average Bonchev–Trinajstić information content (AvgIpc) is 3.29. The Hall–Kier alpha value is -2.93. The fourth-order valence-electron chi connectivity index (χ4n) is 4.26. The van der Waals surface area contributed by atoms with Crippen LogP contribution in [0.4, 0.5) is 11.8 Å². The lowest BCUT2D eigenvalue weighted by Crippen LogP contribution is -2.39. The van der Waals surface area contributed by atoms with Crippen LogP contribution in [0.1, 0.15) is 25.7 Å². The number of rotatable bonds is 4. The van der Waals surface area contributed by atoms with Gasteiger partial charge in [0.25, 0.3) is 5.56 Å². The molecule has 0 spiro atoms. The number of hydrogen-bond donors (Lipinski definition) is 3. The second kappa shape index (κ2) is 7.83. The minimum absolute atomic E-state index is 0.143. The van der Waals surface area contributed by atoms with Gasteiger partial charge in [0.05, 0.1) is 11.2 Å². The molecule has 2 aliphatic rings. The molecular formula is C22H26N6O. The van der Waals surface area contributed by atoms with Crippen LogP contribution >= 0.6 is 0 Å². The van der Waals surface area contributed by atoms with Crippen LogP contribution in [0.3, 0.4) is 0 Å².